The van der Waals surface area contributed by atoms with E-state index >= 15 is 0 Å². The Morgan fingerprint density at radius 2 is 1.43 bits per heavy atom. The van der Waals surface area contributed by atoms with Crippen molar-refractivity contribution in [3.8, 4) is 11.1 Å². The molecule has 6 rings (SSSR count). The Morgan fingerprint density at radius 3 is 2.03 bits per heavy atom. The van der Waals surface area contributed by atoms with Gasteiger partial charge in [-0.3, -0.25) is 19.2 Å². The van der Waals surface area contributed by atoms with Crippen LogP contribution in [0.3, 0.4) is 0 Å². The summed E-state index contributed by atoms with van der Waals surface area (Å²) in [6.07, 6.45) is 1.06. The van der Waals surface area contributed by atoms with Gasteiger partial charge in [0.05, 0.1) is 18.7 Å². The molecule has 5 atom stereocenters. The summed E-state index contributed by atoms with van der Waals surface area (Å²) in [4.78, 5) is 72.6. The number of alkyl carbamates (subject to hydrolysis) is 1. The highest BCUT2D eigenvalue weighted by Gasteiger charge is 2.42. The van der Waals surface area contributed by atoms with Crippen LogP contribution in [0.2, 0.25) is 0 Å². The molecule has 12 heteroatoms. The third kappa shape index (κ3) is 10.8. The summed E-state index contributed by atoms with van der Waals surface area (Å²) in [7, 11) is 3.04. The lowest BCUT2D eigenvalue weighted by molar-refractivity contribution is -0.149. The van der Waals surface area contributed by atoms with E-state index in [0.717, 1.165) is 40.7 Å². The number of rotatable bonds is 18. The molecular weight excluding hydrogens is 761 g/mol. The highest BCUT2D eigenvalue weighted by atomic mass is 16.6. The third-order valence-electron chi connectivity index (χ3n) is 11.6. The number of hydrogen-bond donors (Lipinski definition) is 2. The fourth-order valence-corrected chi connectivity index (χ4v) is 8.32. The summed E-state index contributed by atoms with van der Waals surface area (Å²) >= 11 is 0. The van der Waals surface area contributed by atoms with Crippen molar-refractivity contribution in [2.45, 2.75) is 89.9 Å². The summed E-state index contributed by atoms with van der Waals surface area (Å²) in [5.41, 5.74) is 5.90. The number of hydrogen-bond acceptors (Lipinski definition) is 9. The first-order valence-corrected chi connectivity index (χ1v) is 20.8. The molecule has 0 spiro atoms. The van der Waals surface area contributed by atoms with Gasteiger partial charge in [0.25, 0.3) is 5.91 Å². The van der Waals surface area contributed by atoms with Gasteiger partial charge in [-0.1, -0.05) is 106 Å². The molecule has 60 heavy (non-hydrogen) atoms. The molecule has 2 N–H and O–H groups in total. The van der Waals surface area contributed by atoms with Crippen LogP contribution in [0.4, 0.5) is 4.79 Å². The van der Waals surface area contributed by atoms with E-state index in [-0.39, 0.29) is 48.4 Å². The summed E-state index contributed by atoms with van der Waals surface area (Å²) in [5.74, 6) is -2.32. The minimum Gasteiger partial charge on any atom is -0.469 e. The lowest BCUT2D eigenvalue weighted by Gasteiger charge is -2.36. The van der Waals surface area contributed by atoms with Crippen LogP contribution in [0.15, 0.2) is 97.1 Å². The number of fused-ring (bicyclic) bond motifs is 3. The van der Waals surface area contributed by atoms with Gasteiger partial charge >= 0.3 is 18.0 Å². The Kier molecular flexibility index (Phi) is 14.4. The highest BCUT2D eigenvalue weighted by Crippen LogP contribution is 2.44. The quantitative estimate of drug-likeness (QED) is 0.0772. The van der Waals surface area contributed by atoms with Crippen LogP contribution in [0.1, 0.15) is 98.3 Å². The fourth-order valence-electron chi connectivity index (χ4n) is 8.32. The van der Waals surface area contributed by atoms with Crippen LogP contribution < -0.4 is 10.6 Å². The predicted molar refractivity (Wildman–Crippen MR) is 227 cm³/mol. The van der Waals surface area contributed by atoms with E-state index < -0.39 is 48.1 Å². The average molecular weight is 817 g/mol. The smallest absolute Gasteiger partial charge is 0.407 e. The van der Waals surface area contributed by atoms with Crippen molar-refractivity contribution in [2.24, 2.45) is 17.8 Å². The largest absolute Gasteiger partial charge is 0.469 e. The number of amides is 3. The maximum Gasteiger partial charge on any atom is 0.407 e. The number of pyridine rings is 1. The first-order chi connectivity index (χ1) is 28.8. The molecule has 2 aliphatic rings. The zero-order chi connectivity index (χ0) is 42.9. The molecular formula is C48H56N4O8. The molecule has 0 radical (unpaired) electrons. The highest BCUT2D eigenvalue weighted by molar-refractivity contribution is 5.92. The zero-order valence-electron chi connectivity index (χ0n) is 35.3. The van der Waals surface area contributed by atoms with Crippen molar-refractivity contribution >= 4 is 29.8 Å². The number of nitrogens with zero attached hydrogens (tertiary/aromatic N) is 2. The number of esters is 2. The molecule has 1 aromatic heterocycles. The number of methoxy groups -OCH3 is 1. The SMILES string of the molecule is COC(=O)[C@@H](C)C[C@H](Cc1ccccc1)NC(=O)c1cccc([C@@H](C[C@H](C(C)C)N(C)C(=O)[C@@H](NC(=O)OCC2c3ccccc3-c3ccccc32)C2CC2)OC(C)=O)n1. The Morgan fingerprint density at radius 1 is 0.800 bits per heavy atom. The molecule has 0 aliphatic heterocycles. The maximum absolute atomic E-state index is 14.3. The molecule has 0 unspecified atom stereocenters. The summed E-state index contributed by atoms with van der Waals surface area (Å²) in [5, 5.41) is 5.95. The van der Waals surface area contributed by atoms with E-state index in [1.807, 2.05) is 68.4 Å². The van der Waals surface area contributed by atoms with Crippen molar-refractivity contribution in [1.29, 1.82) is 0 Å². The Bertz CT molecular complexity index is 2110. The molecule has 2 aliphatic carbocycles. The minimum atomic E-state index is -0.896. The summed E-state index contributed by atoms with van der Waals surface area (Å²) in [6.45, 7) is 7.15. The van der Waals surface area contributed by atoms with Crippen LogP contribution >= 0.6 is 0 Å². The second-order valence-corrected chi connectivity index (χ2v) is 16.3. The van der Waals surface area contributed by atoms with E-state index in [2.05, 4.69) is 39.9 Å². The number of likely N-dealkylation sites (N-methyl/N-ethyl adjacent to an activating group) is 1. The summed E-state index contributed by atoms with van der Waals surface area (Å²) < 4.78 is 16.6. The monoisotopic (exact) mass is 816 g/mol. The molecule has 316 valence electrons. The van der Waals surface area contributed by atoms with Gasteiger partial charge in [-0.15, -0.1) is 0 Å². The van der Waals surface area contributed by atoms with Gasteiger partial charge in [0.15, 0.2) is 0 Å². The molecule has 1 saturated carbocycles. The van der Waals surface area contributed by atoms with Gasteiger partial charge in [0, 0.05) is 38.4 Å². The predicted octanol–water partition coefficient (Wildman–Crippen LogP) is 7.42. The molecule has 1 heterocycles. The van der Waals surface area contributed by atoms with Gasteiger partial charge in [-0.25, -0.2) is 9.78 Å². The standard InChI is InChI=1S/C48H56N4O8/c1-29(2)42(52(5)46(55)44(33-23-24-33)51-48(57)59-28-39-37-19-12-10-17-35(37)36-18-11-13-20-38(36)39)27-43(60-31(4)53)40-21-14-22-41(50-40)45(54)49-34(25-30(3)47(56)58-6)26-32-15-8-7-9-16-32/h7-22,29-30,33-34,39,42-44H,23-28H2,1-6H3,(H,49,54)(H,51,57)/t30-,34+,42+,43+,44-/m0/s1. The number of carbonyl (C=O) groups is 5. The van der Waals surface area contributed by atoms with E-state index in [9.17, 15) is 24.0 Å². The van der Waals surface area contributed by atoms with Crippen LogP contribution in [0.25, 0.3) is 11.1 Å². The van der Waals surface area contributed by atoms with Crippen LogP contribution in [-0.4, -0.2) is 78.6 Å². The maximum atomic E-state index is 14.3. The van der Waals surface area contributed by atoms with E-state index in [0.29, 0.717) is 18.5 Å². The van der Waals surface area contributed by atoms with Crippen molar-refractivity contribution in [1.82, 2.24) is 20.5 Å². The van der Waals surface area contributed by atoms with Crippen molar-refractivity contribution in [3.63, 3.8) is 0 Å². The average Bonchev–Trinajstić information content (AvgIpc) is 4.04. The van der Waals surface area contributed by atoms with E-state index in [4.69, 9.17) is 14.2 Å². The lowest BCUT2D eigenvalue weighted by atomic mass is 9.94. The zero-order valence-corrected chi connectivity index (χ0v) is 35.3. The van der Waals surface area contributed by atoms with Gasteiger partial charge in [-0.2, -0.15) is 0 Å². The topological polar surface area (TPSA) is 153 Å². The fraction of sp³-hybridized carbons (Fsp3) is 0.417. The normalized spacial score (nSPS) is 15.7. The minimum absolute atomic E-state index is 0.0318. The van der Waals surface area contributed by atoms with Gasteiger partial charge in [0.2, 0.25) is 5.91 Å². The van der Waals surface area contributed by atoms with Crippen LogP contribution in [0, 0.1) is 17.8 Å². The molecule has 3 aromatic carbocycles. The number of benzene rings is 3. The second-order valence-electron chi connectivity index (χ2n) is 16.3. The molecule has 0 saturated heterocycles. The lowest BCUT2D eigenvalue weighted by Crippen LogP contribution is -2.53. The van der Waals surface area contributed by atoms with Crippen molar-refractivity contribution in [3.05, 3.63) is 125 Å². The van der Waals surface area contributed by atoms with Crippen LogP contribution in [0.5, 0.6) is 0 Å². The van der Waals surface area contributed by atoms with E-state index in [1.54, 1.807) is 37.1 Å². The first-order valence-electron chi connectivity index (χ1n) is 20.8. The van der Waals surface area contributed by atoms with Gasteiger partial charge < -0.3 is 29.7 Å². The molecule has 0 bridgehead atoms. The third-order valence-corrected chi connectivity index (χ3v) is 11.6. The second kappa shape index (κ2) is 19.8. The van der Waals surface area contributed by atoms with Gasteiger partial charge in [-0.05, 0) is 77.5 Å². The summed E-state index contributed by atoms with van der Waals surface area (Å²) in [6, 6.07) is 29.2. The van der Waals surface area contributed by atoms with Crippen molar-refractivity contribution in [2.75, 3.05) is 20.8 Å². The Hall–Kier alpha value is -6.04. The number of ether oxygens (including phenoxy) is 3. The van der Waals surface area contributed by atoms with Crippen molar-refractivity contribution < 1.29 is 38.2 Å². The number of carbonyl (C=O) groups excluding carboxylic acids is 5. The molecule has 4 aromatic rings. The molecule has 12 nitrogen and oxygen atoms in total. The molecule has 3 amide bonds. The molecule has 1 fully saturated rings. The number of aromatic nitrogens is 1. The first kappa shape index (κ1) is 43.5. The Balaban J connectivity index is 1.14. The van der Waals surface area contributed by atoms with Crippen LogP contribution in [-0.2, 0) is 35.0 Å². The van der Waals surface area contributed by atoms with Gasteiger partial charge in [0.1, 0.15) is 24.4 Å². The number of nitrogens with one attached hydrogen (secondary N) is 2. The Labute approximate surface area is 352 Å². The van der Waals surface area contributed by atoms with E-state index in [1.165, 1.54) is 14.0 Å².